The second-order valence-electron chi connectivity index (χ2n) is 5.01. The van der Waals surface area contributed by atoms with E-state index in [0.29, 0.717) is 18.5 Å². The molecule has 1 aromatic carbocycles. The smallest absolute Gasteiger partial charge is 0.238 e. The highest BCUT2D eigenvalue weighted by Crippen LogP contribution is 2.37. The van der Waals surface area contributed by atoms with Gasteiger partial charge in [-0.05, 0) is 30.5 Å². The van der Waals surface area contributed by atoms with Gasteiger partial charge in [-0.15, -0.1) is 0 Å². The monoisotopic (exact) mass is 270 g/mol. The quantitative estimate of drug-likeness (QED) is 0.579. The van der Waals surface area contributed by atoms with Crippen LogP contribution in [0, 0.1) is 11.8 Å². The molecule has 102 valence electrons. The second kappa shape index (κ2) is 4.59. The first-order valence-electron chi connectivity index (χ1n) is 6.44. The van der Waals surface area contributed by atoms with Crippen LogP contribution in [0.25, 0.3) is 0 Å². The van der Waals surface area contributed by atoms with Crippen LogP contribution >= 0.6 is 0 Å². The third-order valence-electron chi connectivity index (χ3n) is 3.85. The van der Waals surface area contributed by atoms with E-state index in [1.165, 1.54) is 18.2 Å². The topological polar surface area (TPSA) is 77.5 Å². The molecule has 0 spiro atoms. The van der Waals surface area contributed by atoms with Gasteiger partial charge < -0.3 is 9.90 Å². The van der Waals surface area contributed by atoms with E-state index in [1.807, 2.05) is 12.2 Å². The van der Waals surface area contributed by atoms with Gasteiger partial charge in [-0.25, -0.2) is 0 Å². The fraction of sp³-hybridized carbons (Fsp3) is 0.267. The molecule has 0 radical (unpaired) electrons. The molecule has 2 amide bonds. The average molecular weight is 270 g/mol. The molecule has 2 aliphatic rings. The molecule has 1 aliphatic carbocycles. The lowest BCUT2D eigenvalue weighted by molar-refractivity contribution is -0.255. The van der Waals surface area contributed by atoms with Crippen LogP contribution < -0.4 is 10.0 Å². The largest absolute Gasteiger partial charge is 0.545 e. The van der Waals surface area contributed by atoms with E-state index in [0.717, 1.165) is 4.90 Å². The maximum atomic E-state index is 12.3. The standard InChI is InChI=1S/C15H13NO4/c17-13-11-6-1-2-7-12(11)14(18)16(13)10-5-3-4-9(8-10)15(19)20/h1-5,8,11-12H,6-7H2,(H,19,20)/p-1/t11-,12-/m1/s1. The first kappa shape index (κ1) is 12.6. The zero-order valence-corrected chi connectivity index (χ0v) is 10.6. The first-order chi connectivity index (χ1) is 9.59. The number of imide groups is 1. The van der Waals surface area contributed by atoms with E-state index >= 15 is 0 Å². The highest BCUT2D eigenvalue weighted by Gasteiger charge is 2.47. The van der Waals surface area contributed by atoms with Gasteiger partial charge in [0.1, 0.15) is 0 Å². The average Bonchev–Trinajstić information content (AvgIpc) is 2.72. The predicted octanol–water partition coefficient (Wildman–Crippen LogP) is 0.506. The van der Waals surface area contributed by atoms with Crippen molar-refractivity contribution in [1.29, 1.82) is 0 Å². The summed E-state index contributed by atoms with van der Waals surface area (Å²) in [6.07, 6.45) is 4.94. The number of allylic oxidation sites excluding steroid dienone is 2. The van der Waals surface area contributed by atoms with E-state index in [9.17, 15) is 19.5 Å². The molecule has 0 unspecified atom stereocenters. The molecule has 1 fully saturated rings. The lowest BCUT2D eigenvalue weighted by Gasteiger charge is -2.16. The Balaban J connectivity index is 1.98. The number of carbonyl (C=O) groups is 3. The van der Waals surface area contributed by atoms with Crippen LogP contribution in [-0.4, -0.2) is 17.8 Å². The molecular weight excluding hydrogens is 258 g/mol. The lowest BCUT2D eigenvalue weighted by atomic mass is 9.85. The molecule has 5 nitrogen and oxygen atoms in total. The zero-order chi connectivity index (χ0) is 14.3. The molecule has 5 heteroatoms. The Hall–Kier alpha value is -2.43. The van der Waals surface area contributed by atoms with Crippen molar-refractivity contribution in [1.82, 2.24) is 0 Å². The van der Waals surface area contributed by atoms with E-state index in [-0.39, 0.29) is 29.2 Å². The van der Waals surface area contributed by atoms with Gasteiger partial charge in [0.25, 0.3) is 0 Å². The third kappa shape index (κ3) is 1.82. The number of carboxylic acids is 1. The molecule has 3 rings (SSSR count). The van der Waals surface area contributed by atoms with E-state index in [4.69, 9.17) is 0 Å². The summed E-state index contributed by atoms with van der Waals surface area (Å²) in [7, 11) is 0. The molecule has 0 aromatic heterocycles. The predicted molar refractivity (Wildman–Crippen MR) is 68.6 cm³/mol. The number of hydrogen-bond acceptors (Lipinski definition) is 4. The number of amides is 2. The Morgan fingerprint density at radius 2 is 1.70 bits per heavy atom. The van der Waals surface area contributed by atoms with Gasteiger partial charge in [-0.1, -0.05) is 24.3 Å². The number of rotatable bonds is 2. The molecule has 1 aromatic rings. The van der Waals surface area contributed by atoms with Crippen LogP contribution in [-0.2, 0) is 9.59 Å². The minimum absolute atomic E-state index is 0.0453. The Kier molecular flexibility index (Phi) is 2.89. The summed E-state index contributed by atoms with van der Waals surface area (Å²) >= 11 is 0. The fourth-order valence-electron chi connectivity index (χ4n) is 2.83. The summed E-state index contributed by atoms with van der Waals surface area (Å²) in [5.41, 5.74) is 0.257. The van der Waals surface area contributed by atoms with Crippen LogP contribution in [0.4, 0.5) is 5.69 Å². The molecule has 0 saturated carbocycles. The zero-order valence-electron chi connectivity index (χ0n) is 10.6. The van der Waals surface area contributed by atoms with Crippen molar-refractivity contribution in [3.8, 4) is 0 Å². The van der Waals surface area contributed by atoms with Gasteiger partial charge in [0.15, 0.2) is 0 Å². The number of fused-ring (bicyclic) bond motifs is 1. The minimum Gasteiger partial charge on any atom is -0.545 e. The van der Waals surface area contributed by atoms with Gasteiger partial charge in [-0.3, -0.25) is 14.5 Å². The molecule has 0 N–H and O–H groups in total. The van der Waals surface area contributed by atoms with Gasteiger partial charge in [0, 0.05) is 0 Å². The van der Waals surface area contributed by atoms with Gasteiger partial charge in [0.05, 0.1) is 23.5 Å². The van der Waals surface area contributed by atoms with E-state index < -0.39 is 5.97 Å². The number of nitrogens with zero attached hydrogens (tertiary/aromatic N) is 1. The Morgan fingerprint density at radius 1 is 1.10 bits per heavy atom. The van der Waals surface area contributed by atoms with Crippen molar-refractivity contribution in [2.45, 2.75) is 12.8 Å². The maximum Gasteiger partial charge on any atom is 0.238 e. The Bertz CT molecular complexity index is 609. The second-order valence-corrected chi connectivity index (χ2v) is 5.01. The van der Waals surface area contributed by atoms with Crippen LogP contribution in [0.15, 0.2) is 36.4 Å². The SMILES string of the molecule is O=C([O-])c1cccc(N2C(=O)[C@@H]3CC=CC[C@H]3C2=O)c1. The summed E-state index contributed by atoms with van der Waals surface area (Å²) < 4.78 is 0. The molecule has 1 heterocycles. The van der Waals surface area contributed by atoms with Crippen LogP contribution in [0.2, 0.25) is 0 Å². The summed E-state index contributed by atoms with van der Waals surface area (Å²) in [6, 6.07) is 5.74. The molecule has 0 bridgehead atoms. The normalized spacial score (nSPS) is 24.9. The van der Waals surface area contributed by atoms with Crippen molar-refractivity contribution in [3.63, 3.8) is 0 Å². The molecule has 1 aliphatic heterocycles. The van der Waals surface area contributed by atoms with Crippen molar-refractivity contribution in [2.75, 3.05) is 4.90 Å². The van der Waals surface area contributed by atoms with Crippen molar-refractivity contribution in [3.05, 3.63) is 42.0 Å². The van der Waals surface area contributed by atoms with Crippen molar-refractivity contribution >= 4 is 23.5 Å². The molecule has 2 atom stereocenters. The van der Waals surface area contributed by atoms with Crippen LogP contribution in [0.5, 0.6) is 0 Å². The number of carboxylic acid groups (broad SMARTS) is 1. The highest BCUT2D eigenvalue weighted by molar-refractivity contribution is 6.22. The molecule has 20 heavy (non-hydrogen) atoms. The fourth-order valence-corrected chi connectivity index (χ4v) is 2.83. The van der Waals surface area contributed by atoms with Crippen molar-refractivity contribution < 1.29 is 19.5 Å². The van der Waals surface area contributed by atoms with Crippen LogP contribution in [0.3, 0.4) is 0 Å². The summed E-state index contributed by atoms with van der Waals surface area (Å²) in [4.78, 5) is 36.7. The Morgan fingerprint density at radius 3 is 2.25 bits per heavy atom. The van der Waals surface area contributed by atoms with Gasteiger partial charge >= 0.3 is 0 Å². The summed E-state index contributed by atoms with van der Waals surface area (Å²) in [5.74, 6) is -2.47. The first-order valence-corrected chi connectivity index (χ1v) is 6.44. The number of aromatic carboxylic acids is 1. The number of hydrogen-bond donors (Lipinski definition) is 0. The summed E-state index contributed by atoms with van der Waals surface area (Å²) in [6.45, 7) is 0. The third-order valence-corrected chi connectivity index (χ3v) is 3.85. The van der Waals surface area contributed by atoms with E-state index in [1.54, 1.807) is 6.07 Å². The summed E-state index contributed by atoms with van der Waals surface area (Å²) in [5, 5.41) is 10.9. The Labute approximate surface area is 115 Å². The van der Waals surface area contributed by atoms with Gasteiger partial charge in [-0.2, -0.15) is 0 Å². The van der Waals surface area contributed by atoms with Crippen molar-refractivity contribution in [2.24, 2.45) is 11.8 Å². The maximum absolute atomic E-state index is 12.3. The lowest BCUT2D eigenvalue weighted by Crippen LogP contribution is -2.31. The molecular formula is C15H12NO4-. The molecule has 1 saturated heterocycles. The highest BCUT2D eigenvalue weighted by atomic mass is 16.4. The number of carbonyl (C=O) groups excluding carboxylic acids is 3. The van der Waals surface area contributed by atoms with Gasteiger partial charge in [0.2, 0.25) is 11.8 Å². The minimum atomic E-state index is -1.33. The van der Waals surface area contributed by atoms with Crippen LogP contribution in [0.1, 0.15) is 23.2 Å². The number of benzene rings is 1. The number of anilines is 1. The van der Waals surface area contributed by atoms with E-state index in [2.05, 4.69) is 0 Å².